The predicted octanol–water partition coefficient (Wildman–Crippen LogP) is 3.12. The average molecular weight is 377 g/mol. The second-order valence-electron chi connectivity index (χ2n) is 7.00. The lowest BCUT2D eigenvalue weighted by molar-refractivity contribution is -0.0679. The molecule has 1 rings (SSSR count). The van der Waals surface area contributed by atoms with Crippen molar-refractivity contribution in [1.82, 2.24) is 0 Å². The number of hydrogen-bond acceptors (Lipinski definition) is 6. The third kappa shape index (κ3) is 9.29. The molecule has 0 aromatic heterocycles. The molecule has 6 heteroatoms. The molecule has 0 unspecified atom stereocenters. The van der Waals surface area contributed by atoms with Crippen LogP contribution in [0.4, 0.5) is 0 Å². The van der Waals surface area contributed by atoms with Crippen molar-refractivity contribution in [3.63, 3.8) is 0 Å². The number of unbranched alkanes of at least 4 members (excludes halogenated alkanes) is 9. The minimum atomic E-state index is -1.10. The highest BCUT2D eigenvalue weighted by molar-refractivity contribution is 7.80. The SMILES string of the molecule is CCCCCCCCCCCCC(=S)O[C@@H]1CO[C@@H]([C@@H](O)CO)[C@H]1O. The van der Waals surface area contributed by atoms with Crippen LogP contribution >= 0.6 is 12.2 Å². The Morgan fingerprint density at radius 1 is 1.08 bits per heavy atom. The molecule has 1 fully saturated rings. The molecule has 5 nitrogen and oxygen atoms in total. The van der Waals surface area contributed by atoms with Gasteiger partial charge in [-0.05, 0) is 18.6 Å². The molecule has 0 aromatic carbocycles. The van der Waals surface area contributed by atoms with Crippen molar-refractivity contribution in [2.75, 3.05) is 13.2 Å². The Bertz CT molecular complexity index is 353. The normalized spacial score (nSPS) is 24.4. The van der Waals surface area contributed by atoms with Crippen LogP contribution in [-0.2, 0) is 9.47 Å². The molecule has 148 valence electrons. The Morgan fingerprint density at radius 3 is 2.20 bits per heavy atom. The van der Waals surface area contributed by atoms with Gasteiger partial charge in [-0.25, -0.2) is 0 Å². The minimum absolute atomic E-state index is 0.182. The highest BCUT2D eigenvalue weighted by Gasteiger charge is 2.41. The van der Waals surface area contributed by atoms with Crippen molar-refractivity contribution in [2.45, 2.75) is 102 Å². The molecule has 1 saturated heterocycles. The lowest BCUT2D eigenvalue weighted by Gasteiger charge is -2.21. The third-order valence-corrected chi connectivity index (χ3v) is 5.05. The standard InChI is InChI=1S/C19H36O5S/c1-2-3-4-5-6-7-8-9-10-11-12-17(25)24-16-14-23-19(18(16)22)15(21)13-20/h15-16,18-22H,2-14H2,1H3/t15-,16+,18-,19-/m0/s1. The van der Waals surface area contributed by atoms with E-state index in [1.165, 1.54) is 51.4 Å². The summed E-state index contributed by atoms with van der Waals surface area (Å²) >= 11 is 5.24. The van der Waals surface area contributed by atoms with Gasteiger partial charge in [0.1, 0.15) is 18.3 Å². The fraction of sp³-hybridized carbons (Fsp3) is 0.947. The van der Waals surface area contributed by atoms with Crippen LogP contribution in [0.25, 0.3) is 0 Å². The maximum absolute atomic E-state index is 10.1. The second-order valence-corrected chi connectivity index (χ2v) is 7.45. The molecule has 0 radical (unpaired) electrons. The number of aliphatic hydroxyl groups excluding tert-OH is 3. The van der Waals surface area contributed by atoms with Gasteiger partial charge in [-0.15, -0.1) is 0 Å². The third-order valence-electron chi connectivity index (χ3n) is 4.75. The molecule has 25 heavy (non-hydrogen) atoms. The largest absolute Gasteiger partial charge is 0.479 e. The van der Waals surface area contributed by atoms with Crippen molar-refractivity contribution in [3.8, 4) is 0 Å². The number of ether oxygens (including phenoxy) is 2. The summed E-state index contributed by atoms with van der Waals surface area (Å²) in [4.78, 5) is 0. The van der Waals surface area contributed by atoms with Gasteiger partial charge in [0.05, 0.1) is 13.2 Å². The molecule has 0 aromatic rings. The fourth-order valence-corrected chi connectivity index (χ4v) is 3.41. The van der Waals surface area contributed by atoms with Crippen molar-refractivity contribution >= 4 is 17.3 Å². The molecule has 0 bridgehead atoms. The van der Waals surface area contributed by atoms with Crippen molar-refractivity contribution in [1.29, 1.82) is 0 Å². The van der Waals surface area contributed by atoms with E-state index in [2.05, 4.69) is 6.92 Å². The summed E-state index contributed by atoms with van der Waals surface area (Å²) in [6.07, 6.45) is 10.0. The summed E-state index contributed by atoms with van der Waals surface area (Å²) in [5.74, 6) is 0. The van der Waals surface area contributed by atoms with Gasteiger partial charge in [0.15, 0.2) is 11.2 Å². The van der Waals surface area contributed by atoms with Gasteiger partial charge in [0.25, 0.3) is 0 Å². The van der Waals surface area contributed by atoms with E-state index >= 15 is 0 Å². The maximum Gasteiger partial charge on any atom is 0.160 e. The number of aliphatic hydroxyl groups is 3. The van der Waals surface area contributed by atoms with Gasteiger partial charge in [0, 0.05) is 6.42 Å². The van der Waals surface area contributed by atoms with Crippen LogP contribution in [-0.4, -0.2) is 58.0 Å². The average Bonchev–Trinajstić information content (AvgIpc) is 2.96. The Balaban J connectivity index is 2.01. The second kappa shape index (κ2) is 13.9. The molecular formula is C19H36O5S. The van der Waals surface area contributed by atoms with Crippen LogP contribution < -0.4 is 0 Å². The molecule has 0 spiro atoms. The Kier molecular flexibility index (Phi) is 12.6. The zero-order valence-corrected chi connectivity index (χ0v) is 16.4. The minimum Gasteiger partial charge on any atom is -0.479 e. The molecule has 0 saturated carbocycles. The van der Waals surface area contributed by atoms with Gasteiger partial charge in [0.2, 0.25) is 0 Å². The van der Waals surface area contributed by atoms with Crippen LogP contribution in [0.1, 0.15) is 77.6 Å². The molecule has 3 N–H and O–H groups in total. The zero-order chi connectivity index (χ0) is 18.5. The van der Waals surface area contributed by atoms with E-state index in [9.17, 15) is 10.2 Å². The van der Waals surface area contributed by atoms with E-state index in [4.69, 9.17) is 26.8 Å². The van der Waals surface area contributed by atoms with Gasteiger partial charge < -0.3 is 24.8 Å². The first-order valence-corrected chi connectivity index (χ1v) is 10.3. The van der Waals surface area contributed by atoms with Crippen molar-refractivity contribution in [2.24, 2.45) is 0 Å². The maximum atomic E-state index is 10.1. The highest BCUT2D eigenvalue weighted by Crippen LogP contribution is 2.21. The van der Waals surface area contributed by atoms with Crippen LogP contribution in [0.5, 0.6) is 0 Å². The summed E-state index contributed by atoms with van der Waals surface area (Å²) in [6, 6.07) is 0. The topological polar surface area (TPSA) is 79.2 Å². The summed E-state index contributed by atoms with van der Waals surface area (Å²) in [7, 11) is 0. The van der Waals surface area contributed by atoms with Crippen molar-refractivity contribution < 1.29 is 24.8 Å². The van der Waals surface area contributed by atoms with Crippen LogP contribution in [0.2, 0.25) is 0 Å². The van der Waals surface area contributed by atoms with E-state index in [1.807, 2.05) is 0 Å². The summed E-state index contributed by atoms with van der Waals surface area (Å²) in [5.41, 5.74) is 0. The number of thiocarbonyl (C=S) groups is 1. The molecule has 1 heterocycles. The Morgan fingerprint density at radius 2 is 1.64 bits per heavy atom. The van der Waals surface area contributed by atoms with Crippen LogP contribution in [0, 0.1) is 0 Å². The molecule has 0 amide bonds. The fourth-order valence-electron chi connectivity index (χ4n) is 3.15. The first-order chi connectivity index (χ1) is 12.1. The quantitative estimate of drug-likeness (QED) is 0.319. The van der Waals surface area contributed by atoms with Gasteiger partial charge in [-0.1, -0.05) is 64.7 Å². The summed E-state index contributed by atoms with van der Waals surface area (Å²) in [5, 5.41) is 29.0. The first kappa shape index (κ1) is 22.8. The first-order valence-electron chi connectivity index (χ1n) is 9.88. The van der Waals surface area contributed by atoms with Gasteiger partial charge in [-0.2, -0.15) is 0 Å². The zero-order valence-electron chi connectivity index (χ0n) is 15.6. The molecular weight excluding hydrogens is 340 g/mol. The van der Waals surface area contributed by atoms with E-state index in [-0.39, 0.29) is 6.61 Å². The van der Waals surface area contributed by atoms with Gasteiger partial charge in [-0.3, -0.25) is 0 Å². The lowest BCUT2D eigenvalue weighted by Crippen LogP contribution is -2.41. The van der Waals surface area contributed by atoms with Crippen molar-refractivity contribution in [3.05, 3.63) is 0 Å². The number of hydrogen-bond donors (Lipinski definition) is 3. The van der Waals surface area contributed by atoms with E-state index in [0.717, 1.165) is 12.8 Å². The number of rotatable bonds is 14. The Labute approximate surface area is 157 Å². The van der Waals surface area contributed by atoms with Gasteiger partial charge >= 0.3 is 0 Å². The Hall–Kier alpha value is -0.270. The molecule has 4 atom stereocenters. The van der Waals surface area contributed by atoms with E-state index < -0.39 is 31.0 Å². The molecule has 0 aliphatic carbocycles. The van der Waals surface area contributed by atoms with E-state index in [1.54, 1.807) is 0 Å². The smallest absolute Gasteiger partial charge is 0.160 e. The van der Waals surface area contributed by atoms with E-state index in [0.29, 0.717) is 11.5 Å². The monoisotopic (exact) mass is 376 g/mol. The summed E-state index contributed by atoms with van der Waals surface area (Å²) < 4.78 is 10.9. The lowest BCUT2D eigenvalue weighted by atomic mass is 10.1. The van der Waals surface area contributed by atoms with Crippen LogP contribution in [0.15, 0.2) is 0 Å². The molecule has 1 aliphatic heterocycles. The predicted molar refractivity (Wildman–Crippen MR) is 103 cm³/mol. The summed E-state index contributed by atoms with van der Waals surface area (Å²) in [6.45, 7) is 1.98. The van der Waals surface area contributed by atoms with Crippen LogP contribution in [0.3, 0.4) is 0 Å². The molecule has 1 aliphatic rings. The highest BCUT2D eigenvalue weighted by atomic mass is 32.1.